The van der Waals surface area contributed by atoms with E-state index in [-0.39, 0.29) is 0 Å². The average Bonchev–Trinajstić information content (AvgIpc) is 2.56. The minimum Gasteiger partial charge on any atom is -0.385 e. The SMILES string of the molecule is COCCCC(N)C1CCCC1. The van der Waals surface area contributed by atoms with E-state index in [2.05, 4.69) is 0 Å². The fourth-order valence-electron chi connectivity index (χ4n) is 2.08. The van der Waals surface area contributed by atoms with Crippen LogP contribution in [-0.4, -0.2) is 19.8 Å². The van der Waals surface area contributed by atoms with E-state index in [1.807, 2.05) is 0 Å². The van der Waals surface area contributed by atoms with Crippen LogP contribution >= 0.6 is 0 Å². The van der Waals surface area contributed by atoms with Gasteiger partial charge in [-0.1, -0.05) is 12.8 Å². The zero-order valence-corrected chi connectivity index (χ0v) is 8.09. The van der Waals surface area contributed by atoms with Crippen LogP contribution in [0.15, 0.2) is 0 Å². The van der Waals surface area contributed by atoms with E-state index in [1.165, 1.54) is 25.7 Å². The molecule has 0 aliphatic heterocycles. The largest absolute Gasteiger partial charge is 0.385 e. The first kappa shape index (κ1) is 10.0. The highest BCUT2D eigenvalue weighted by molar-refractivity contribution is 4.77. The summed E-state index contributed by atoms with van der Waals surface area (Å²) in [5, 5.41) is 0. The molecule has 2 nitrogen and oxygen atoms in total. The Balaban J connectivity index is 2.05. The van der Waals surface area contributed by atoms with Gasteiger partial charge in [0.25, 0.3) is 0 Å². The molecule has 1 aliphatic rings. The van der Waals surface area contributed by atoms with Gasteiger partial charge >= 0.3 is 0 Å². The first-order valence-electron chi connectivity index (χ1n) is 5.09. The minimum absolute atomic E-state index is 0.433. The lowest BCUT2D eigenvalue weighted by Crippen LogP contribution is -2.28. The normalized spacial score (nSPS) is 21.5. The summed E-state index contributed by atoms with van der Waals surface area (Å²) < 4.78 is 5.00. The van der Waals surface area contributed by atoms with Gasteiger partial charge in [-0.15, -0.1) is 0 Å². The fourth-order valence-corrected chi connectivity index (χ4v) is 2.08. The summed E-state index contributed by atoms with van der Waals surface area (Å²) in [6, 6.07) is 0.433. The van der Waals surface area contributed by atoms with Crippen LogP contribution in [0.2, 0.25) is 0 Å². The van der Waals surface area contributed by atoms with E-state index in [1.54, 1.807) is 7.11 Å². The molecular weight excluding hydrogens is 150 g/mol. The summed E-state index contributed by atoms with van der Waals surface area (Å²) in [5.74, 6) is 0.807. The Morgan fingerprint density at radius 1 is 1.42 bits per heavy atom. The molecule has 0 amide bonds. The van der Waals surface area contributed by atoms with E-state index in [0.717, 1.165) is 25.4 Å². The molecule has 12 heavy (non-hydrogen) atoms. The number of methoxy groups -OCH3 is 1. The fraction of sp³-hybridized carbons (Fsp3) is 1.00. The second-order valence-electron chi connectivity index (χ2n) is 3.84. The number of rotatable bonds is 5. The lowest BCUT2D eigenvalue weighted by Gasteiger charge is -2.18. The summed E-state index contributed by atoms with van der Waals surface area (Å²) in [7, 11) is 1.75. The van der Waals surface area contributed by atoms with Gasteiger partial charge in [0, 0.05) is 19.8 Å². The summed E-state index contributed by atoms with van der Waals surface area (Å²) in [6.45, 7) is 0.862. The van der Waals surface area contributed by atoms with Crippen molar-refractivity contribution >= 4 is 0 Å². The molecule has 0 radical (unpaired) electrons. The number of hydrogen-bond acceptors (Lipinski definition) is 2. The molecule has 0 aromatic rings. The molecule has 2 N–H and O–H groups in total. The number of ether oxygens (including phenoxy) is 1. The monoisotopic (exact) mass is 171 g/mol. The molecule has 1 saturated carbocycles. The third-order valence-corrected chi connectivity index (χ3v) is 2.89. The average molecular weight is 171 g/mol. The van der Waals surface area contributed by atoms with Crippen molar-refractivity contribution in [2.45, 2.75) is 44.6 Å². The highest BCUT2D eigenvalue weighted by Gasteiger charge is 2.21. The molecule has 0 bridgehead atoms. The van der Waals surface area contributed by atoms with Gasteiger partial charge in [0.1, 0.15) is 0 Å². The van der Waals surface area contributed by atoms with Gasteiger partial charge in [0.05, 0.1) is 0 Å². The van der Waals surface area contributed by atoms with Crippen LogP contribution in [0.5, 0.6) is 0 Å². The van der Waals surface area contributed by atoms with Gasteiger partial charge in [-0.25, -0.2) is 0 Å². The molecule has 1 rings (SSSR count). The van der Waals surface area contributed by atoms with E-state index in [9.17, 15) is 0 Å². The zero-order chi connectivity index (χ0) is 8.81. The van der Waals surface area contributed by atoms with Gasteiger partial charge in [0.2, 0.25) is 0 Å². The Bertz CT molecular complexity index is 110. The summed E-state index contributed by atoms with van der Waals surface area (Å²) in [5.41, 5.74) is 6.06. The van der Waals surface area contributed by atoms with E-state index in [0.29, 0.717) is 6.04 Å². The lowest BCUT2D eigenvalue weighted by molar-refractivity contribution is 0.187. The molecule has 72 valence electrons. The van der Waals surface area contributed by atoms with Crippen LogP contribution in [-0.2, 0) is 4.74 Å². The van der Waals surface area contributed by atoms with Crippen molar-refractivity contribution in [2.75, 3.05) is 13.7 Å². The molecular formula is C10H21NO. The van der Waals surface area contributed by atoms with Crippen molar-refractivity contribution in [1.29, 1.82) is 0 Å². The van der Waals surface area contributed by atoms with Crippen LogP contribution < -0.4 is 5.73 Å². The van der Waals surface area contributed by atoms with Gasteiger partial charge in [-0.3, -0.25) is 0 Å². The Labute approximate surface area is 75.5 Å². The molecule has 1 aliphatic carbocycles. The molecule has 0 heterocycles. The van der Waals surface area contributed by atoms with Crippen LogP contribution in [0.25, 0.3) is 0 Å². The van der Waals surface area contributed by atoms with Gasteiger partial charge in [-0.2, -0.15) is 0 Å². The Morgan fingerprint density at radius 3 is 2.67 bits per heavy atom. The Morgan fingerprint density at radius 2 is 2.08 bits per heavy atom. The molecule has 0 spiro atoms. The molecule has 0 aromatic heterocycles. The number of nitrogens with two attached hydrogens (primary N) is 1. The standard InChI is InChI=1S/C10H21NO/c1-12-8-4-7-10(11)9-5-2-3-6-9/h9-10H,2-8,11H2,1H3. The van der Waals surface area contributed by atoms with Crippen molar-refractivity contribution < 1.29 is 4.74 Å². The van der Waals surface area contributed by atoms with Gasteiger partial charge < -0.3 is 10.5 Å². The first-order chi connectivity index (χ1) is 5.84. The van der Waals surface area contributed by atoms with Crippen molar-refractivity contribution in [3.63, 3.8) is 0 Å². The Hall–Kier alpha value is -0.0800. The second kappa shape index (κ2) is 5.55. The van der Waals surface area contributed by atoms with Crippen molar-refractivity contribution in [1.82, 2.24) is 0 Å². The van der Waals surface area contributed by atoms with Crippen molar-refractivity contribution in [3.05, 3.63) is 0 Å². The predicted octanol–water partition coefficient (Wildman–Crippen LogP) is 1.93. The molecule has 0 saturated heterocycles. The molecule has 1 fully saturated rings. The molecule has 1 atom stereocenters. The van der Waals surface area contributed by atoms with Crippen LogP contribution in [0.4, 0.5) is 0 Å². The van der Waals surface area contributed by atoms with E-state index in [4.69, 9.17) is 10.5 Å². The van der Waals surface area contributed by atoms with E-state index >= 15 is 0 Å². The van der Waals surface area contributed by atoms with Gasteiger partial charge in [-0.05, 0) is 31.6 Å². The Kier molecular flexibility index (Phi) is 4.62. The van der Waals surface area contributed by atoms with Crippen LogP contribution in [0.1, 0.15) is 38.5 Å². The maximum atomic E-state index is 6.06. The maximum Gasteiger partial charge on any atom is 0.0462 e. The molecule has 1 unspecified atom stereocenters. The zero-order valence-electron chi connectivity index (χ0n) is 8.09. The lowest BCUT2D eigenvalue weighted by atomic mass is 9.95. The van der Waals surface area contributed by atoms with E-state index < -0.39 is 0 Å². The van der Waals surface area contributed by atoms with Crippen molar-refractivity contribution in [3.8, 4) is 0 Å². The minimum atomic E-state index is 0.433. The third-order valence-electron chi connectivity index (χ3n) is 2.89. The van der Waals surface area contributed by atoms with Crippen molar-refractivity contribution in [2.24, 2.45) is 11.7 Å². The molecule has 2 heteroatoms. The highest BCUT2D eigenvalue weighted by atomic mass is 16.5. The smallest absolute Gasteiger partial charge is 0.0462 e. The number of hydrogen-bond donors (Lipinski definition) is 1. The maximum absolute atomic E-state index is 6.06. The molecule has 0 aromatic carbocycles. The topological polar surface area (TPSA) is 35.2 Å². The summed E-state index contributed by atoms with van der Waals surface area (Å²) in [6.07, 6.45) is 7.75. The predicted molar refractivity (Wildman–Crippen MR) is 51.0 cm³/mol. The highest BCUT2D eigenvalue weighted by Crippen LogP contribution is 2.28. The second-order valence-corrected chi connectivity index (χ2v) is 3.84. The quantitative estimate of drug-likeness (QED) is 0.641. The van der Waals surface area contributed by atoms with Crippen LogP contribution in [0.3, 0.4) is 0 Å². The van der Waals surface area contributed by atoms with Crippen LogP contribution in [0, 0.1) is 5.92 Å². The van der Waals surface area contributed by atoms with Gasteiger partial charge in [0.15, 0.2) is 0 Å². The summed E-state index contributed by atoms with van der Waals surface area (Å²) >= 11 is 0. The summed E-state index contributed by atoms with van der Waals surface area (Å²) in [4.78, 5) is 0. The third kappa shape index (κ3) is 3.11. The first-order valence-corrected chi connectivity index (χ1v) is 5.09.